The van der Waals surface area contributed by atoms with Crippen LogP contribution < -0.4 is 15.8 Å². The Morgan fingerprint density at radius 2 is 1.95 bits per heavy atom. The molecule has 112 valence electrons. The Balaban J connectivity index is 1.97. The van der Waals surface area contributed by atoms with Crippen molar-refractivity contribution in [3.8, 4) is 5.75 Å². The number of anilines is 1. The summed E-state index contributed by atoms with van der Waals surface area (Å²) in [6, 6.07) is 15.7. The Kier molecular flexibility index (Phi) is 5.60. The predicted octanol–water partition coefficient (Wildman–Crippen LogP) is 2.52. The zero-order valence-corrected chi connectivity index (χ0v) is 12.3. The van der Waals surface area contributed by atoms with Gasteiger partial charge in [-0.2, -0.15) is 0 Å². The molecule has 2 aromatic carbocycles. The molecule has 0 amide bonds. The van der Waals surface area contributed by atoms with Crippen LogP contribution in [0.15, 0.2) is 48.5 Å². The standard InChI is InChI=1S/C17H22N2O2/c1-21-15-9-8-14(12-18)16(11-15)19-17(20)10-7-13-5-3-2-4-6-13/h2-6,8-9,11,17,19-20H,7,10,12,18H2,1H3. The molecule has 0 aliphatic rings. The first kappa shape index (κ1) is 15.4. The van der Waals surface area contributed by atoms with Gasteiger partial charge in [-0.1, -0.05) is 36.4 Å². The highest BCUT2D eigenvalue weighted by Crippen LogP contribution is 2.23. The molecule has 0 aliphatic carbocycles. The molecular weight excluding hydrogens is 264 g/mol. The molecule has 0 saturated heterocycles. The minimum atomic E-state index is -0.623. The van der Waals surface area contributed by atoms with Crippen molar-refractivity contribution < 1.29 is 9.84 Å². The second-order valence-corrected chi connectivity index (χ2v) is 4.91. The van der Waals surface area contributed by atoms with E-state index in [1.165, 1.54) is 5.56 Å². The predicted molar refractivity (Wildman–Crippen MR) is 85.3 cm³/mol. The second kappa shape index (κ2) is 7.67. The van der Waals surface area contributed by atoms with Crippen LogP contribution in [0.1, 0.15) is 17.5 Å². The van der Waals surface area contributed by atoms with Crippen LogP contribution in [0.2, 0.25) is 0 Å². The van der Waals surface area contributed by atoms with E-state index in [1.807, 2.05) is 36.4 Å². The molecule has 1 unspecified atom stereocenters. The van der Waals surface area contributed by atoms with Gasteiger partial charge in [-0.05, 0) is 30.0 Å². The third kappa shape index (κ3) is 4.48. The summed E-state index contributed by atoms with van der Waals surface area (Å²) in [5.74, 6) is 0.741. The molecule has 0 fully saturated rings. The summed E-state index contributed by atoms with van der Waals surface area (Å²) < 4.78 is 5.20. The van der Waals surface area contributed by atoms with Crippen molar-refractivity contribution >= 4 is 5.69 Å². The molecule has 0 heterocycles. The van der Waals surface area contributed by atoms with Gasteiger partial charge in [-0.3, -0.25) is 0 Å². The Hall–Kier alpha value is -2.04. The van der Waals surface area contributed by atoms with E-state index in [4.69, 9.17) is 10.5 Å². The summed E-state index contributed by atoms with van der Waals surface area (Å²) in [5, 5.41) is 13.3. The molecule has 4 nitrogen and oxygen atoms in total. The van der Waals surface area contributed by atoms with Crippen LogP contribution in [0, 0.1) is 0 Å². The van der Waals surface area contributed by atoms with Gasteiger partial charge in [0.1, 0.15) is 12.0 Å². The summed E-state index contributed by atoms with van der Waals surface area (Å²) in [4.78, 5) is 0. The molecule has 2 rings (SSSR count). The topological polar surface area (TPSA) is 67.5 Å². The van der Waals surface area contributed by atoms with Crippen LogP contribution >= 0.6 is 0 Å². The number of aryl methyl sites for hydroxylation is 1. The maximum Gasteiger partial charge on any atom is 0.124 e. The van der Waals surface area contributed by atoms with Gasteiger partial charge in [-0.25, -0.2) is 0 Å². The lowest BCUT2D eigenvalue weighted by Gasteiger charge is -2.17. The minimum absolute atomic E-state index is 0.414. The van der Waals surface area contributed by atoms with Crippen LogP contribution in [-0.4, -0.2) is 18.4 Å². The highest BCUT2D eigenvalue weighted by Gasteiger charge is 2.08. The minimum Gasteiger partial charge on any atom is -0.497 e. The maximum atomic E-state index is 10.2. The molecule has 0 bridgehead atoms. The molecular formula is C17H22N2O2. The number of rotatable bonds is 7. The van der Waals surface area contributed by atoms with Crippen LogP contribution in [0.4, 0.5) is 5.69 Å². The Bertz CT molecular complexity index is 558. The molecule has 0 aliphatic heterocycles. The average Bonchev–Trinajstić information content (AvgIpc) is 2.54. The summed E-state index contributed by atoms with van der Waals surface area (Å²) in [7, 11) is 1.62. The van der Waals surface area contributed by atoms with Crippen LogP contribution in [0.3, 0.4) is 0 Å². The fraction of sp³-hybridized carbons (Fsp3) is 0.294. The maximum absolute atomic E-state index is 10.2. The number of benzene rings is 2. The Morgan fingerprint density at radius 1 is 1.19 bits per heavy atom. The van der Waals surface area contributed by atoms with Crippen molar-refractivity contribution in [1.29, 1.82) is 0 Å². The molecule has 21 heavy (non-hydrogen) atoms. The third-order valence-electron chi connectivity index (χ3n) is 3.41. The van der Waals surface area contributed by atoms with E-state index in [-0.39, 0.29) is 0 Å². The van der Waals surface area contributed by atoms with Crippen LogP contribution in [-0.2, 0) is 13.0 Å². The first-order valence-corrected chi connectivity index (χ1v) is 7.08. The highest BCUT2D eigenvalue weighted by molar-refractivity contribution is 5.55. The summed E-state index contributed by atoms with van der Waals surface area (Å²) in [6.07, 6.45) is 0.824. The quantitative estimate of drug-likeness (QED) is 0.684. The van der Waals surface area contributed by atoms with E-state index >= 15 is 0 Å². The number of nitrogens with one attached hydrogen (secondary N) is 1. The first-order valence-electron chi connectivity index (χ1n) is 7.08. The number of aliphatic hydroxyl groups excluding tert-OH is 1. The van der Waals surface area contributed by atoms with Crippen molar-refractivity contribution in [2.45, 2.75) is 25.6 Å². The Labute approximate surface area is 125 Å². The van der Waals surface area contributed by atoms with Gasteiger partial charge in [0, 0.05) is 18.3 Å². The molecule has 0 radical (unpaired) electrons. The number of hydrogen-bond acceptors (Lipinski definition) is 4. The van der Waals surface area contributed by atoms with Crippen molar-refractivity contribution in [2.24, 2.45) is 5.73 Å². The number of methoxy groups -OCH3 is 1. The molecule has 1 atom stereocenters. The summed E-state index contributed by atoms with van der Waals surface area (Å²) >= 11 is 0. The molecule has 0 saturated carbocycles. The number of hydrogen-bond donors (Lipinski definition) is 3. The van der Waals surface area contributed by atoms with E-state index in [0.29, 0.717) is 13.0 Å². The highest BCUT2D eigenvalue weighted by atomic mass is 16.5. The zero-order chi connectivity index (χ0) is 15.1. The lowest BCUT2D eigenvalue weighted by atomic mass is 10.1. The van der Waals surface area contributed by atoms with Gasteiger partial charge in [0.2, 0.25) is 0 Å². The van der Waals surface area contributed by atoms with Gasteiger partial charge in [0.25, 0.3) is 0 Å². The largest absolute Gasteiger partial charge is 0.497 e. The molecule has 0 aromatic heterocycles. The van der Waals surface area contributed by atoms with Crippen LogP contribution in [0.25, 0.3) is 0 Å². The lowest BCUT2D eigenvalue weighted by Crippen LogP contribution is -2.20. The van der Waals surface area contributed by atoms with Gasteiger partial charge in [-0.15, -0.1) is 0 Å². The fourth-order valence-electron chi connectivity index (χ4n) is 2.19. The van der Waals surface area contributed by atoms with Crippen molar-refractivity contribution in [1.82, 2.24) is 0 Å². The van der Waals surface area contributed by atoms with E-state index in [0.717, 1.165) is 23.4 Å². The van der Waals surface area contributed by atoms with Gasteiger partial charge < -0.3 is 20.9 Å². The fourth-order valence-corrected chi connectivity index (χ4v) is 2.19. The molecule has 4 heteroatoms. The van der Waals surface area contributed by atoms with E-state index in [2.05, 4.69) is 17.4 Å². The summed E-state index contributed by atoms with van der Waals surface area (Å²) in [6.45, 7) is 0.414. The van der Waals surface area contributed by atoms with Gasteiger partial charge in [0.15, 0.2) is 0 Å². The number of nitrogens with two attached hydrogens (primary N) is 1. The smallest absolute Gasteiger partial charge is 0.124 e. The normalized spacial score (nSPS) is 12.0. The second-order valence-electron chi connectivity index (χ2n) is 4.91. The number of aliphatic hydroxyl groups is 1. The SMILES string of the molecule is COc1ccc(CN)c(NC(O)CCc2ccccc2)c1. The third-order valence-corrected chi connectivity index (χ3v) is 3.41. The van der Waals surface area contributed by atoms with Crippen LogP contribution in [0.5, 0.6) is 5.75 Å². The Morgan fingerprint density at radius 3 is 2.62 bits per heavy atom. The van der Waals surface area contributed by atoms with Gasteiger partial charge >= 0.3 is 0 Å². The lowest BCUT2D eigenvalue weighted by molar-refractivity contribution is 0.193. The molecule has 2 aromatic rings. The average molecular weight is 286 g/mol. The van der Waals surface area contributed by atoms with Gasteiger partial charge in [0.05, 0.1) is 7.11 Å². The monoisotopic (exact) mass is 286 g/mol. The van der Waals surface area contributed by atoms with Crippen molar-refractivity contribution in [3.63, 3.8) is 0 Å². The van der Waals surface area contributed by atoms with Crippen molar-refractivity contribution in [2.75, 3.05) is 12.4 Å². The number of ether oxygens (including phenoxy) is 1. The first-order chi connectivity index (χ1) is 10.2. The zero-order valence-electron chi connectivity index (χ0n) is 12.3. The van der Waals surface area contributed by atoms with E-state index < -0.39 is 6.23 Å². The summed E-state index contributed by atoms with van der Waals surface area (Å²) in [5.41, 5.74) is 8.70. The van der Waals surface area contributed by atoms with Crippen molar-refractivity contribution in [3.05, 3.63) is 59.7 Å². The molecule has 4 N–H and O–H groups in total. The molecule has 0 spiro atoms. The van der Waals surface area contributed by atoms with E-state index in [1.54, 1.807) is 7.11 Å². The van der Waals surface area contributed by atoms with E-state index in [9.17, 15) is 5.11 Å².